The summed E-state index contributed by atoms with van der Waals surface area (Å²) in [7, 11) is 0. The van der Waals surface area contributed by atoms with E-state index in [0.29, 0.717) is 18.9 Å². The van der Waals surface area contributed by atoms with Crippen LogP contribution in [0.15, 0.2) is 30.3 Å². The Kier molecular flexibility index (Phi) is 4.99. The third kappa shape index (κ3) is 3.57. The van der Waals surface area contributed by atoms with E-state index in [1.54, 1.807) is 0 Å². The van der Waals surface area contributed by atoms with Crippen LogP contribution in [0.1, 0.15) is 44.6 Å². The Bertz CT molecular complexity index is 551. The van der Waals surface area contributed by atoms with Crippen LogP contribution in [0.2, 0.25) is 0 Å². The maximum atomic E-state index is 12.9. The summed E-state index contributed by atoms with van der Waals surface area (Å²) >= 11 is 0. The van der Waals surface area contributed by atoms with E-state index in [2.05, 4.69) is 0 Å². The molecule has 3 rings (SSSR count). The Hall–Kier alpha value is -1.84. The Morgan fingerprint density at radius 1 is 1.22 bits per heavy atom. The Balaban J connectivity index is 1.70. The molecule has 2 aliphatic rings. The van der Waals surface area contributed by atoms with Gasteiger partial charge in [-0.1, -0.05) is 56.5 Å². The van der Waals surface area contributed by atoms with E-state index in [4.69, 9.17) is 4.74 Å². The van der Waals surface area contributed by atoms with Gasteiger partial charge in [0.15, 0.2) is 0 Å². The first-order valence-electron chi connectivity index (χ1n) is 8.70. The minimum atomic E-state index is -0.474. The van der Waals surface area contributed by atoms with Crippen molar-refractivity contribution >= 4 is 12.0 Å². The summed E-state index contributed by atoms with van der Waals surface area (Å²) in [5, 5.41) is 0. The van der Waals surface area contributed by atoms with Gasteiger partial charge in [-0.25, -0.2) is 9.69 Å². The maximum Gasteiger partial charge on any atom is 0.416 e. The molecule has 1 saturated carbocycles. The van der Waals surface area contributed by atoms with Gasteiger partial charge >= 0.3 is 6.09 Å². The fraction of sp³-hybridized carbons (Fsp3) is 0.579. The first-order chi connectivity index (χ1) is 11.2. The van der Waals surface area contributed by atoms with Crippen LogP contribution in [0.4, 0.5) is 4.79 Å². The van der Waals surface area contributed by atoms with Crippen LogP contribution in [0.5, 0.6) is 0 Å². The molecule has 1 heterocycles. The zero-order valence-corrected chi connectivity index (χ0v) is 13.7. The molecular weight excluding hydrogens is 290 g/mol. The van der Waals surface area contributed by atoms with E-state index in [9.17, 15) is 9.59 Å². The van der Waals surface area contributed by atoms with E-state index >= 15 is 0 Å². The van der Waals surface area contributed by atoms with Crippen molar-refractivity contribution in [1.82, 2.24) is 4.90 Å². The summed E-state index contributed by atoms with van der Waals surface area (Å²) < 4.78 is 5.18. The zero-order chi connectivity index (χ0) is 16.2. The van der Waals surface area contributed by atoms with Gasteiger partial charge in [0.25, 0.3) is 0 Å². The lowest BCUT2D eigenvalue weighted by molar-refractivity contribution is -0.135. The lowest BCUT2D eigenvalue weighted by Gasteiger charge is -2.30. The van der Waals surface area contributed by atoms with Gasteiger partial charge in [0.2, 0.25) is 5.91 Å². The van der Waals surface area contributed by atoms with Gasteiger partial charge in [-0.15, -0.1) is 0 Å². The molecule has 2 fully saturated rings. The molecule has 0 N–H and O–H groups in total. The highest BCUT2D eigenvalue weighted by Gasteiger charge is 2.41. The number of hydrogen-bond acceptors (Lipinski definition) is 3. The normalized spacial score (nSPS) is 23.6. The molecule has 1 saturated heterocycles. The molecule has 1 aliphatic carbocycles. The van der Waals surface area contributed by atoms with Crippen molar-refractivity contribution in [2.24, 2.45) is 11.8 Å². The summed E-state index contributed by atoms with van der Waals surface area (Å²) in [5.74, 6) is 0.251. The number of amides is 2. The van der Waals surface area contributed by atoms with E-state index < -0.39 is 6.09 Å². The molecule has 4 heteroatoms. The smallest absolute Gasteiger partial charge is 0.416 e. The van der Waals surface area contributed by atoms with Crippen molar-refractivity contribution in [2.45, 2.75) is 51.5 Å². The second-order valence-electron chi connectivity index (χ2n) is 6.82. The third-order valence-corrected chi connectivity index (χ3v) is 5.26. The van der Waals surface area contributed by atoms with Crippen LogP contribution in [0, 0.1) is 11.8 Å². The highest BCUT2D eigenvalue weighted by molar-refractivity contribution is 5.94. The summed E-state index contributed by atoms with van der Waals surface area (Å²) in [6.45, 7) is 2.28. The summed E-state index contributed by atoms with van der Waals surface area (Å²) in [4.78, 5) is 26.3. The highest BCUT2D eigenvalue weighted by atomic mass is 16.6. The second kappa shape index (κ2) is 7.16. The van der Waals surface area contributed by atoms with Gasteiger partial charge in [0.05, 0.1) is 6.04 Å². The van der Waals surface area contributed by atoms with Crippen LogP contribution < -0.4 is 0 Å². The molecule has 0 bridgehead atoms. The number of carbonyl (C=O) groups is 2. The van der Waals surface area contributed by atoms with Crippen molar-refractivity contribution in [3.05, 3.63) is 35.9 Å². The predicted octanol–water partition coefficient (Wildman–Crippen LogP) is 3.79. The number of hydrogen-bond donors (Lipinski definition) is 0. The Morgan fingerprint density at radius 2 is 1.91 bits per heavy atom. The Labute approximate surface area is 137 Å². The number of nitrogens with zero attached hydrogens (tertiary/aromatic N) is 1. The van der Waals surface area contributed by atoms with E-state index in [-0.39, 0.29) is 17.9 Å². The predicted molar refractivity (Wildman–Crippen MR) is 87.9 cm³/mol. The summed E-state index contributed by atoms with van der Waals surface area (Å²) in [6, 6.07) is 9.79. The zero-order valence-electron chi connectivity index (χ0n) is 13.7. The minimum absolute atomic E-state index is 0.0552. The standard InChI is InChI=1S/C19H25NO3/c1-14(16-10-6-3-7-11-16)18(21)20-17(13-23-19(20)22)12-15-8-4-2-5-9-15/h2,4-5,8-9,14,16-17H,3,6-7,10-13H2,1H3/t14-,17-/m1/s1. The van der Waals surface area contributed by atoms with E-state index in [0.717, 1.165) is 18.4 Å². The third-order valence-electron chi connectivity index (χ3n) is 5.26. The summed E-state index contributed by atoms with van der Waals surface area (Å²) in [6.07, 6.45) is 6.03. The minimum Gasteiger partial charge on any atom is -0.447 e. The summed E-state index contributed by atoms with van der Waals surface area (Å²) in [5.41, 5.74) is 1.12. The van der Waals surface area contributed by atoms with Gasteiger partial charge < -0.3 is 4.74 Å². The van der Waals surface area contributed by atoms with Gasteiger partial charge in [-0.05, 0) is 30.7 Å². The number of imide groups is 1. The van der Waals surface area contributed by atoms with Gasteiger partial charge in [-0.3, -0.25) is 4.79 Å². The molecule has 0 unspecified atom stereocenters. The average molecular weight is 315 g/mol. The van der Waals surface area contributed by atoms with Crippen molar-refractivity contribution in [3.63, 3.8) is 0 Å². The monoisotopic (exact) mass is 315 g/mol. The van der Waals surface area contributed by atoms with Gasteiger partial charge in [0, 0.05) is 5.92 Å². The molecule has 1 aliphatic heterocycles. The van der Waals surface area contributed by atoms with Crippen LogP contribution in [-0.4, -0.2) is 29.5 Å². The van der Waals surface area contributed by atoms with Crippen LogP contribution in [0.3, 0.4) is 0 Å². The van der Waals surface area contributed by atoms with Crippen LogP contribution in [0.25, 0.3) is 0 Å². The van der Waals surface area contributed by atoms with Crippen molar-refractivity contribution < 1.29 is 14.3 Å². The Morgan fingerprint density at radius 3 is 2.61 bits per heavy atom. The van der Waals surface area contributed by atoms with Gasteiger partial charge in [0.1, 0.15) is 6.61 Å². The quantitative estimate of drug-likeness (QED) is 0.849. The largest absolute Gasteiger partial charge is 0.447 e. The first kappa shape index (κ1) is 16.0. The molecule has 1 aromatic carbocycles. The number of benzene rings is 1. The van der Waals surface area contributed by atoms with Crippen LogP contribution >= 0.6 is 0 Å². The molecule has 0 spiro atoms. The van der Waals surface area contributed by atoms with Crippen molar-refractivity contribution in [3.8, 4) is 0 Å². The highest BCUT2D eigenvalue weighted by Crippen LogP contribution is 2.32. The molecule has 4 nitrogen and oxygen atoms in total. The van der Waals surface area contributed by atoms with Gasteiger partial charge in [-0.2, -0.15) is 0 Å². The van der Waals surface area contributed by atoms with Crippen LogP contribution in [-0.2, 0) is 16.0 Å². The fourth-order valence-corrected chi connectivity index (χ4v) is 3.82. The van der Waals surface area contributed by atoms with Crippen molar-refractivity contribution in [1.29, 1.82) is 0 Å². The number of cyclic esters (lactones) is 1. The van der Waals surface area contributed by atoms with Crippen molar-refractivity contribution in [2.75, 3.05) is 6.61 Å². The lowest BCUT2D eigenvalue weighted by atomic mass is 9.80. The topological polar surface area (TPSA) is 46.6 Å². The van der Waals surface area contributed by atoms with E-state index in [1.807, 2.05) is 37.3 Å². The molecule has 23 heavy (non-hydrogen) atoms. The van der Waals surface area contributed by atoms with E-state index in [1.165, 1.54) is 24.2 Å². The SMILES string of the molecule is C[C@@H](C(=O)N1C(=O)OC[C@H]1Cc1ccccc1)C1CCCCC1. The number of ether oxygens (including phenoxy) is 1. The maximum absolute atomic E-state index is 12.9. The second-order valence-corrected chi connectivity index (χ2v) is 6.82. The molecular formula is C19H25NO3. The molecule has 0 aromatic heterocycles. The molecule has 2 amide bonds. The molecule has 124 valence electrons. The lowest BCUT2D eigenvalue weighted by Crippen LogP contribution is -2.44. The number of rotatable bonds is 4. The number of carbonyl (C=O) groups excluding carboxylic acids is 2. The average Bonchev–Trinajstić information content (AvgIpc) is 2.95. The molecule has 0 radical (unpaired) electrons. The fourth-order valence-electron chi connectivity index (χ4n) is 3.82. The molecule has 2 atom stereocenters. The molecule has 1 aromatic rings. The first-order valence-corrected chi connectivity index (χ1v) is 8.70.